The van der Waals surface area contributed by atoms with E-state index in [2.05, 4.69) is 49.8 Å². The first-order chi connectivity index (χ1) is 8.49. The maximum Gasteiger partial charge on any atom is 0.133 e. The van der Waals surface area contributed by atoms with Crippen molar-refractivity contribution in [3.8, 4) is 11.3 Å². The second-order valence-corrected chi connectivity index (χ2v) is 5.22. The molecule has 2 nitrogen and oxygen atoms in total. The molecule has 18 heavy (non-hydrogen) atoms. The van der Waals surface area contributed by atoms with Gasteiger partial charge in [-0.15, -0.1) is 0 Å². The van der Waals surface area contributed by atoms with E-state index in [1.165, 1.54) is 11.1 Å². The molecule has 0 saturated heterocycles. The number of halogens is 1. The minimum Gasteiger partial charge on any atom is -0.233 e. The Morgan fingerprint density at radius 2 is 1.83 bits per heavy atom. The Balaban J connectivity index is 2.60. The van der Waals surface area contributed by atoms with Crippen LogP contribution in [0.5, 0.6) is 0 Å². The van der Waals surface area contributed by atoms with Crippen molar-refractivity contribution in [3.63, 3.8) is 0 Å². The SMILES string of the molecule is Cc1cccc(-c2cc(Cl)nc(C(C)C)n2)c1C. The number of rotatable bonds is 2. The number of hydrogen-bond acceptors (Lipinski definition) is 2. The van der Waals surface area contributed by atoms with Gasteiger partial charge < -0.3 is 0 Å². The molecule has 0 N–H and O–H groups in total. The van der Waals surface area contributed by atoms with Crippen LogP contribution in [-0.2, 0) is 0 Å². The first-order valence-corrected chi connectivity index (χ1v) is 6.48. The summed E-state index contributed by atoms with van der Waals surface area (Å²) >= 11 is 6.08. The molecule has 2 rings (SSSR count). The topological polar surface area (TPSA) is 25.8 Å². The molecular weight excluding hydrogens is 244 g/mol. The Labute approximate surface area is 113 Å². The lowest BCUT2D eigenvalue weighted by Gasteiger charge is -2.11. The maximum absolute atomic E-state index is 6.08. The van der Waals surface area contributed by atoms with E-state index < -0.39 is 0 Å². The van der Waals surface area contributed by atoms with Crippen LogP contribution >= 0.6 is 11.6 Å². The van der Waals surface area contributed by atoms with Gasteiger partial charge in [0, 0.05) is 17.5 Å². The predicted octanol–water partition coefficient (Wildman–Crippen LogP) is 4.54. The van der Waals surface area contributed by atoms with E-state index >= 15 is 0 Å². The second-order valence-electron chi connectivity index (χ2n) is 4.84. The molecular formula is C15H17ClN2. The van der Waals surface area contributed by atoms with Crippen molar-refractivity contribution in [3.05, 3.63) is 46.4 Å². The second kappa shape index (κ2) is 5.07. The molecule has 0 aliphatic carbocycles. The van der Waals surface area contributed by atoms with Crippen LogP contribution in [0.15, 0.2) is 24.3 Å². The summed E-state index contributed by atoms with van der Waals surface area (Å²) in [6, 6.07) is 8.05. The summed E-state index contributed by atoms with van der Waals surface area (Å²) in [5.41, 5.74) is 4.52. The Morgan fingerprint density at radius 3 is 2.50 bits per heavy atom. The predicted molar refractivity (Wildman–Crippen MR) is 76.0 cm³/mol. The fourth-order valence-electron chi connectivity index (χ4n) is 1.86. The molecule has 1 heterocycles. The van der Waals surface area contributed by atoms with Gasteiger partial charge in [0.05, 0.1) is 5.69 Å². The molecule has 2 aromatic rings. The summed E-state index contributed by atoms with van der Waals surface area (Å²) in [6.07, 6.45) is 0. The molecule has 94 valence electrons. The highest BCUT2D eigenvalue weighted by Gasteiger charge is 2.10. The molecule has 1 aromatic heterocycles. The van der Waals surface area contributed by atoms with E-state index in [9.17, 15) is 0 Å². The van der Waals surface area contributed by atoms with Crippen LogP contribution in [0.2, 0.25) is 5.15 Å². The van der Waals surface area contributed by atoms with E-state index in [-0.39, 0.29) is 5.92 Å². The Morgan fingerprint density at radius 1 is 1.11 bits per heavy atom. The zero-order chi connectivity index (χ0) is 13.3. The molecule has 1 aromatic carbocycles. The third-order valence-electron chi connectivity index (χ3n) is 3.11. The van der Waals surface area contributed by atoms with E-state index in [0.717, 1.165) is 17.1 Å². The number of benzene rings is 1. The minimum atomic E-state index is 0.271. The fourth-order valence-corrected chi connectivity index (χ4v) is 2.05. The number of aromatic nitrogens is 2. The lowest BCUT2D eigenvalue weighted by molar-refractivity contribution is 0.776. The van der Waals surface area contributed by atoms with Crippen molar-refractivity contribution in [1.82, 2.24) is 9.97 Å². The number of hydrogen-bond donors (Lipinski definition) is 0. The fraction of sp³-hybridized carbons (Fsp3) is 0.333. The van der Waals surface area contributed by atoms with Gasteiger partial charge in [0.2, 0.25) is 0 Å². The quantitative estimate of drug-likeness (QED) is 0.741. The highest BCUT2D eigenvalue weighted by atomic mass is 35.5. The molecule has 0 fully saturated rings. The van der Waals surface area contributed by atoms with Crippen LogP contribution in [0.1, 0.15) is 36.7 Å². The zero-order valence-corrected chi connectivity index (χ0v) is 11.9. The van der Waals surface area contributed by atoms with Crippen LogP contribution in [0.25, 0.3) is 11.3 Å². The van der Waals surface area contributed by atoms with Crippen molar-refractivity contribution in [1.29, 1.82) is 0 Å². The lowest BCUT2D eigenvalue weighted by atomic mass is 10.0. The van der Waals surface area contributed by atoms with Gasteiger partial charge in [0.1, 0.15) is 11.0 Å². The van der Waals surface area contributed by atoms with Crippen LogP contribution < -0.4 is 0 Å². The average molecular weight is 261 g/mol. The summed E-state index contributed by atoms with van der Waals surface area (Å²) in [5.74, 6) is 1.06. The summed E-state index contributed by atoms with van der Waals surface area (Å²) in [5, 5.41) is 0.504. The van der Waals surface area contributed by atoms with Gasteiger partial charge in [0.25, 0.3) is 0 Å². The van der Waals surface area contributed by atoms with Crippen molar-refractivity contribution in [2.45, 2.75) is 33.6 Å². The van der Waals surface area contributed by atoms with E-state index in [1.807, 2.05) is 12.1 Å². The molecule has 0 saturated carbocycles. The van der Waals surface area contributed by atoms with Crippen LogP contribution in [0, 0.1) is 13.8 Å². The van der Waals surface area contributed by atoms with Gasteiger partial charge in [-0.2, -0.15) is 0 Å². The highest BCUT2D eigenvalue weighted by Crippen LogP contribution is 2.26. The Kier molecular flexibility index (Phi) is 3.67. The van der Waals surface area contributed by atoms with Crippen molar-refractivity contribution < 1.29 is 0 Å². The van der Waals surface area contributed by atoms with Crippen LogP contribution in [-0.4, -0.2) is 9.97 Å². The standard InChI is InChI=1S/C15H17ClN2/c1-9(2)15-17-13(8-14(16)18-15)12-7-5-6-10(3)11(12)4/h5-9H,1-4H3. The van der Waals surface area contributed by atoms with Gasteiger partial charge in [-0.1, -0.05) is 43.6 Å². The zero-order valence-electron chi connectivity index (χ0n) is 11.2. The van der Waals surface area contributed by atoms with Gasteiger partial charge in [-0.3, -0.25) is 0 Å². The Bertz CT molecular complexity index is 577. The van der Waals surface area contributed by atoms with Crippen LogP contribution in [0.3, 0.4) is 0 Å². The van der Waals surface area contributed by atoms with Gasteiger partial charge in [0.15, 0.2) is 0 Å². The molecule has 0 unspecified atom stereocenters. The molecule has 0 radical (unpaired) electrons. The molecule has 0 amide bonds. The third-order valence-corrected chi connectivity index (χ3v) is 3.30. The lowest BCUT2D eigenvalue weighted by Crippen LogP contribution is -2.00. The first-order valence-electron chi connectivity index (χ1n) is 6.10. The molecule has 0 aliphatic heterocycles. The van der Waals surface area contributed by atoms with Gasteiger partial charge in [-0.25, -0.2) is 9.97 Å². The van der Waals surface area contributed by atoms with Gasteiger partial charge >= 0.3 is 0 Å². The number of nitrogens with zero attached hydrogens (tertiary/aromatic N) is 2. The van der Waals surface area contributed by atoms with E-state index in [1.54, 1.807) is 0 Å². The van der Waals surface area contributed by atoms with E-state index in [4.69, 9.17) is 11.6 Å². The normalized spacial score (nSPS) is 11.0. The highest BCUT2D eigenvalue weighted by molar-refractivity contribution is 6.29. The molecule has 3 heteroatoms. The third kappa shape index (κ3) is 2.54. The van der Waals surface area contributed by atoms with Crippen molar-refractivity contribution >= 4 is 11.6 Å². The molecule has 0 aliphatic rings. The average Bonchev–Trinajstić information content (AvgIpc) is 2.31. The minimum absolute atomic E-state index is 0.271. The largest absolute Gasteiger partial charge is 0.233 e. The number of aryl methyl sites for hydroxylation is 1. The smallest absolute Gasteiger partial charge is 0.133 e. The van der Waals surface area contributed by atoms with Crippen molar-refractivity contribution in [2.75, 3.05) is 0 Å². The van der Waals surface area contributed by atoms with Crippen LogP contribution in [0.4, 0.5) is 0 Å². The summed E-state index contributed by atoms with van der Waals surface area (Å²) in [6.45, 7) is 8.35. The summed E-state index contributed by atoms with van der Waals surface area (Å²) in [4.78, 5) is 8.87. The Hall–Kier alpha value is -1.41. The monoisotopic (exact) mass is 260 g/mol. The maximum atomic E-state index is 6.08. The van der Waals surface area contributed by atoms with Gasteiger partial charge in [-0.05, 0) is 25.0 Å². The molecule has 0 spiro atoms. The molecule has 0 atom stereocenters. The molecule has 0 bridgehead atoms. The summed E-state index contributed by atoms with van der Waals surface area (Å²) < 4.78 is 0. The summed E-state index contributed by atoms with van der Waals surface area (Å²) in [7, 11) is 0. The van der Waals surface area contributed by atoms with E-state index in [0.29, 0.717) is 5.15 Å². The first kappa shape index (κ1) is 13.0. The van der Waals surface area contributed by atoms with Crippen molar-refractivity contribution in [2.24, 2.45) is 0 Å².